The normalized spacial score (nSPS) is 10.4. The summed E-state index contributed by atoms with van der Waals surface area (Å²) in [5.41, 5.74) is 0.306. The van der Waals surface area contributed by atoms with Gasteiger partial charge in [-0.2, -0.15) is 5.26 Å². The van der Waals surface area contributed by atoms with Crippen LogP contribution in [-0.2, 0) is 0 Å². The number of rotatable bonds is 2. The fourth-order valence-electron chi connectivity index (χ4n) is 2.43. The molecule has 0 bridgehead atoms. The van der Waals surface area contributed by atoms with Crippen LogP contribution in [0.2, 0.25) is 0 Å². The molecule has 0 saturated carbocycles. The predicted octanol–water partition coefficient (Wildman–Crippen LogP) is 2.45. The lowest BCUT2D eigenvalue weighted by Crippen LogP contribution is -2.20. The van der Waals surface area contributed by atoms with Gasteiger partial charge in [0, 0.05) is 12.3 Å². The molecule has 0 atom stereocenters. The molecule has 0 fully saturated rings. The maximum atomic E-state index is 12.5. The number of hydrogen-bond donors (Lipinski definition) is 0. The van der Waals surface area contributed by atoms with Gasteiger partial charge in [-0.05, 0) is 24.6 Å². The topological polar surface area (TPSA) is 101 Å². The fraction of sp³-hybridized carbons (Fsp3) is 0.0625. The summed E-state index contributed by atoms with van der Waals surface area (Å²) in [4.78, 5) is 27.5. The van der Waals surface area contributed by atoms with Crippen molar-refractivity contribution in [2.75, 3.05) is 0 Å². The second kappa shape index (κ2) is 5.35. The summed E-state index contributed by atoms with van der Waals surface area (Å²) < 4.78 is 1.27. The van der Waals surface area contributed by atoms with Crippen molar-refractivity contribution in [3.8, 4) is 17.3 Å². The van der Waals surface area contributed by atoms with Gasteiger partial charge in [0.2, 0.25) is 0 Å². The van der Waals surface area contributed by atoms with Gasteiger partial charge in [-0.25, -0.2) is 4.98 Å². The lowest BCUT2D eigenvalue weighted by molar-refractivity contribution is -0.384. The minimum atomic E-state index is -0.558. The number of aryl methyl sites for hydroxylation is 1. The van der Waals surface area contributed by atoms with Crippen LogP contribution in [0.25, 0.3) is 16.9 Å². The predicted molar refractivity (Wildman–Crippen MR) is 83.0 cm³/mol. The Morgan fingerprint density at radius 3 is 2.70 bits per heavy atom. The van der Waals surface area contributed by atoms with Gasteiger partial charge in [-0.3, -0.25) is 19.3 Å². The van der Waals surface area contributed by atoms with E-state index in [0.717, 1.165) is 5.56 Å². The average molecular weight is 306 g/mol. The molecule has 7 nitrogen and oxygen atoms in total. The van der Waals surface area contributed by atoms with Crippen LogP contribution in [0.4, 0.5) is 5.69 Å². The molecule has 1 aromatic carbocycles. The highest BCUT2D eigenvalue weighted by Crippen LogP contribution is 2.29. The Morgan fingerprint density at radius 2 is 2.00 bits per heavy atom. The SMILES string of the molecule is Cc1cccn2c(=O)c(C#N)c(-c3ccccc3[N+](=O)[O-])nc12. The van der Waals surface area contributed by atoms with Crippen LogP contribution in [0.15, 0.2) is 47.4 Å². The van der Waals surface area contributed by atoms with Crippen LogP contribution >= 0.6 is 0 Å². The third-order valence-corrected chi connectivity index (χ3v) is 3.52. The average Bonchev–Trinajstić information content (AvgIpc) is 2.55. The highest BCUT2D eigenvalue weighted by Gasteiger charge is 2.22. The Morgan fingerprint density at radius 1 is 1.26 bits per heavy atom. The Balaban J connectivity index is 2.49. The number of aromatic nitrogens is 2. The third kappa shape index (κ3) is 2.22. The zero-order valence-corrected chi connectivity index (χ0v) is 12.1. The first-order chi connectivity index (χ1) is 11.0. The van der Waals surface area contributed by atoms with Crippen molar-refractivity contribution in [2.24, 2.45) is 0 Å². The second-order valence-corrected chi connectivity index (χ2v) is 4.91. The highest BCUT2D eigenvalue weighted by atomic mass is 16.6. The van der Waals surface area contributed by atoms with Crippen LogP contribution in [0, 0.1) is 28.4 Å². The Hall–Kier alpha value is -3.53. The van der Waals surface area contributed by atoms with E-state index in [4.69, 9.17) is 0 Å². The highest BCUT2D eigenvalue weighted by molar-refractivity contribution is 5.76. The summed E-state index contributed by atoms with van der Waals surface area (Å²) in [7, 11) is 0. The molecule has 0 radical (unpaired) electrons. The monoisotopic (exact) mass is 306 g/mol. The number of nitrogens with zero attached hydrogens (tertiary/aromatic N) is 4. The van der Waals surface area contributed by atoms with Gasteiger partial charge in [0.25, 0.3) is 11.2 Å². The van der Waals surface area contributed by atoms with E-state index in [2.05, 4.69) is 4.98 Å². The number of benzene rings is 1. The summed E-state index contributed by atoms with van der Waals surface area (Å²) in [6.45, 7) is 1.77. The van der Waals surface area contributed by atoms with Gasteiger partial charge < -0.3 is 0 Å². The number of para-hydroxylation sites is 1. The first-order valence-electron chi connectivity index (χ1n) is 6.70. The molecule has 0 aliphatic heterocycles. The Bertz CT molecular complexity index is 1050. The molecular weight excluding hydrogens is 296 g/mol. The van der Waals surface area contributed by atoms with Gasteiger partial charge in [-0.15, -0.1) is 0 Å². The van der Waals surface area contributed by atoms with Crippen LogP contribution in [0.5, 0.6) is 0 Å². The van der Waals surface area contributed by atoms with E-state index in [0.29, 0.717) is 5.65 Å². The maximum absolute atomic E-state index is 12.5. The van der Waals surface area contributed by atoms with Crippen LogP contribution in [0.3, 0.4) is 0 Å². The molecule has 2 aromatic heterocycles. The van der Waals surface area contributed by atoms with E-state index < -0.39 is 10.5 Å². The zero-order valence-electron chi connectivity index (χ0n) is 12.1. The molecule has 0 aliphatic rings. The largest absolute Gasteiger partial charge is 0.278 e. The number of pyridine rings is 1. The fourth-order valence-corrected chi connectivity index (χ4v) is 2.43. The van der Waals surface area contributed by atoms with E-state index >= 15 is 0 Å². The maximum Gasteiger partial charge on any atom is 0.278 e. The van der Waals surface area contributed by atoms with Crippen molar-refractivity contribution in [1.29, 1.82) is 5.26 Å². The summed E-state index contributed by atoms with van der Waals surface area (Å²) >= 11 is 0. The first-order valence-corrected chi connectivity index (χ1v) is 6.70. The van der Waals surface area contributed by atoms with Gasteiger partial charge in [0.15, 0.2) is 0 Å². The van der Waals surface area contributed by atoms with Crippen LogP contribution in [0.1, 0.15) is 11.1 Å². The number of nitriles is 1. The number of hydrogen-bond acceptors (Lipinski definition) is 5. The van der Waals surface area contributed by atoms with Gasteiger partial charge >= 0.3 is 0 Å². The molecule has 0 N–H and O–H groups in total. The van der Waals surface area contributed by atoms with Crippen molar-refractivity contribution in [3.63, 3.8) is 0 Å². The summed E-state index contributed by atoms with van der Waals surface area (Å²) in [6, 6.07) is 11.2. The molecule has 0 amide bonds. The van der Waals surface area contributed by atoms with Gasteiger partial charge in [0.05, 0.1) is 10.5 Å². The number of nitro benzene ring substituents is 1. The molecule has 23 heavy (non-hydrogen) atoms. The van der Waals surface area contributed by atoms with Crippen molar-refractivity contribution in [1.82, 2.24) is 9.38 Å². The molecule has 3 rings (SSSR count). The third-order valence-electron chi connectivity index (χ3n) is 3.52. The van der Waals surface area contributed by atoms with Crippen molar-refractivity contribution in [2.45, 2.75) is 6.92 Å². The summed E-state index contributed by atoms with van der Waals surface area (Å²) in [5, 5.41) is 20.6. The summed E-state index contributed by atoms with van der Waals surface area (Å²) in [6.07, 6.45) is 1.52. The van der Waals surface area contributed by atoms with E-state index in [1.165, 1.54) is 28.8 Å². The van der Waals surface area contributed by atoms with E-state index in [1.54, 1.807) is 25.1 Å². The lowest BCUT2D eigenvalue weighted by Gasteiger charge is -2.08. The van der Waals surface area contributed by atoms with E-state index in [9.17, 15) is 20.2 Å². The lowest BCUT2D eigenvalue weighted by atomic mass is 10.1. The zero-order chi connectivity index (χ0) is 16.6. The van der Waals surface area contributed by atoms with Gasteiger partial charge in [-0.1, -0.05) is 18.2 Å². The minimum Gasteiger partial charge on any atom is -0.267 e. The van der Waals surface area contributed by atoms with E-state index in [1.807, 2.05) is 6.07 Å². The second-order valence-electron chi connectivity index (χ2n) is 4.91. The van der Waals surface area contributed by atoms with Crippen molar-refractivity contribution in [3.05, 3.63) is 74.2 Å². The standard InChI is InChI=1S/C16H10N4O3/c1-10-5-4-8-19-15(10)18-14(12(9-17)16(19)21)11-6-2-3-7-13(11)20(22)23/h2-8H,1H3. The van der Waals surface area contributed by atoms with Crippen molar-refractivity contribution < 1.29 is 4.92 Å². The Kier molecular flexibility index (Phi) is 3.35. The number of nitro groups is 1. The molecule has 7 heteroatoms. The molecule has 2 heterocycles. The van der Waals surface area contributed by atoms with Gasteiger partial charge in [0.1, 0.15) is 23.0 Å². The molecule has 0 unspecified atom stereocenters. The first kappa shape index (κ1) is 14.4. The van der Waals surface area contributed by atoms with Crippen LogP contribution in [-0.4, -0.2) is 14.3 Å². The van der Waals surface area contributed by atoms with Crippen molar-refractivity contribution >= 4 is 11.3 Å². The molecule has 0 spiro atoms. The molecule has 3 aromatic rings. The molecular formula is C16H10N4O3. The smallest absolute Gasteiger partial charge is 0.267 e. The minimum absolute atomic E-state index is 0.0269. The Labute approximate surface area is 130 Å². The van der Waals surface area contributed by atoms with Crippen LogP contribution < -0.4 is 5.56 Å². The summed E-state index contributed by atoms with van der Waals surface area (Å²) in [5.74, 6) is 0. The molecule has 0 saturated heterocycles. The van der Waals surface area contributed by atoms with E-state index in [-0.39, 0.29) is 22.5 Å². The molecule has 0 aliphatic carbocycles. The quantitative estimate of drug-likeness (QED) is 0.534. The number of fused-ring (bicyclic) bond motifs is 1. The molecule has 112 valence electrons.